The van der Waals surface area contributed by atoms with E-state index in [1.165, 1.54) is 6.92 Å². The van der Waals surface area contributed by atoms with Crippen LogP contribution in [0.1, 0.15) is 28.4 Å². The van der Waals surface area contributed by atoms with Crippen molar-refractivity contribution in [3.05, 3.63) is 63.1 Å². The minimum atomic E-state index is -0.0327. The molecular weight excluding hydrogens is 411 g/mol. The minimum Gasteiger partial charge on any atom is -0.496 e. The summed E-state index contributed by atoms with van der Waals surface area (Å²) < 4.78 is 5.36. The predicted molar refractivity (Wildman–Crippen MR) is 115 cm³/mol. The number of methoxy groups -OCH3 is 1. The van der Waals surface area contributed by atoms with E-state index in [1.807, 2.05) is 17.0 Å². The molecule has 2 aromatic carbocycles. The van der Waals surface area contributed by atoms with Crippen LogP contribution in [0.2, 0.25) is 10.0 Å². The molecule has 1 aliphatic heterocycles. The van der Waals surface area contributed by atoms with Crippen molar-refractivity contribution in [1.29, 1.82) is 0 Å². The highest BCUT2D eigenvalue weighted by Gasteiger charge is 2.23. The molecule has 5 nitrogen and oxygen atoms in total. The number of carbonyl (C=O) groups excluding carboxylic acids is 2. The van der Waals surface area contributed by atoms with E-state index in [9.17, 15) is 9.59 Å². The first-order chi connectivity index (χ1) is 13.9. The van der Waals surface area contributed by atoms with Gasteiger partial charge in [0.1, 0.15) is 5.75 Å². The summed E-state index contributed by atoms with van der Waals surface area (Å²) in [5, 5.41) is 1.14. The summed E-state index contributed by atoms with van der Waals surface area (Å²) in [5.41, 5.74) is 2.31. The zero-order valence-electron chi connectivity index (χ0n) is 16.6. The van der Waals surface area contributed by atoms with E-state index in [1.54, 1.807) is 31.4 Å². The fraction of sp³-hybridized carbons (Fsp3) is 0.364. The van der Waals surface area contributed by atoms with Crippen LogP contribution >= 0.6 is 23.2 Å². The fourth-order valence-corrected chi connectivity index (χ4v) is 3.86. The number of amides is 1. The number of nitrogens with zero attached hydrogens (tertiary/aromatic N) is 2. The second kappa shape index (κ2) is 9.61. The van der Waals surface area contributed by atoms with Crippen LogP contribution in [-0.4, -0.2) is 54.8 Å². The molecule has 154 valence electrons. The lowest BCUT2D eigenvalue weighted by molar-refractivity contribution is -0.132. The Morgan fingerprint density at radius 2 is 1.76 bits per heavy atom. The number of Topliss-reactive ketones (excluding diaryl/α,β-unsaturated/α-hetero) is 1. The van der Waals surface area contributed by atoms with E-state index in [0.717, 1.165) is 24.2 Å². The van der Waals surface area contributed by atoms with Crippen molar-refractivity contribution in [2.75, 3.05) is 33.3 Å². The van der Waals surface area contributed by atoms with Gasteiger partial charge in [0.15, 0.2) is 5.78 Å². The molecule has 0 saturated carbocycles. The second-order valence-corrected chi connectivity index (χ2v) is 7.91. The van der Waals surface area contributed by atoms with Crippen molar-refractivity contribution >= 4 is 34.9 Å². The molecule has 7 heteroatoms. The van der Waals surface area contributed by atoms with E-state index in [0.29, 0.717) is 41.0 Å². The Morgan fingerprint density at radius 3 is 2.41 bits per heavy atom. The van der Waals surface area contributed by atoms with Crippen molar-refractivity contribution in [3.8, 4) is 5.75 Å². The summed E-state index contributed by atoms with van der Waals surface area (Å²) in [6.07, 6.45) is 0.213. The summed E-state index contributed by atoms with van der Waals surface area (Å²) >= 11 is 12.4. The van der Waals surface area contributed by atoms with E-state index >= 15 is 0 Å². The van der Waals surface area contributed by atoms with Crippen LogP contribution in [0.4, 0.5) is 0 Å². The first-order valence-electron chi connectivity index (χ1n) is 9.50. The molecule has 1 amide bonds. The van der Waals surface area contributed by atoms with Gasteiger partial charge in [-0.3, -0.25) is 14.5 Å². The van der Waals surface area contributed by atoms with Gasteiger partial charge in [-0.15, -0.1) is 0 Å². The summed E-state index contributed by atoms with van der Waals surface area (Å²) in [7, 11) is 1.57. The van der Waals surface area contributed by atoms with Crippen LogP contribution < -0.4 is 4.74 Å². The van der Waals surface area contributed by atoms with Crippen LogP contribution in [-0.2, 0) is 17.8 Å². The zero-order valence-corrected chi connectivity index (χ0v) is 18.1. The Labute approximate surface area is 181 Å². The molecule has 3 rings (SSSR count). The number of halogens is 2. The molecule has 29 heavy (non-hydrogen) atoms. The molecule has 1 saturated heterocycles. The number of hydrogen-bond acceptors (Lipinski definition) is 4. The van der Waals surface area contributed by atoms with Gasteiger partial charge in [0.2, 0.25) is 5.91 Å². The van der Waals surface area contributed by atoms with E-state index in [2.05, 4.69) is 4.90 Å². The number of piperazine rings is 1. The third-order valence-electron chi connectivity index (χ3n) is 5.18. The number of ketones is 1. The third-order valence-corrected chi connectivity index (χ3v) is 6.04. The number of benzene rings is 2. The van der Waals surface area contributed by atoms with Gasteiger partial charge in [-0.1, -0.05) is 35.3 Å². The predicted octanol–water partition coefficient (Wildman–Crippen LogP) is 4.09. The fourth-order valence-electron chi connectivity index (χ4n) is 3.48. The Hall–Kier alpha value is -2.08. The van der Waals surface area contributed by atoms with Gasteiger partial charge in [0, 0.05) is 43.9 Å². The van der Waals surface area contributed by atoms with E-state index in [-0.39, 0.29) is 18.1 Å². The van der Waals surface area contributed by atoms with Gasteiger partial charge in [0.25, 0.3) is 0 Å². The lowest BCUT2D eigenvalue weighted by Gasteiger charge is -2.35. The second-order valence-electron chi connectivity index (χ2n) is 7.13. The first-order valence-corrected chi connectivity index (χ1v) is 10.3. The van der Waals surface area contributed by atoms with Gasteiger partial charge in [-0.05, 0) is 36.8 Å². The molecule has 1 aliphatic rings. The number of ether oxygens (including phenoxy) is 1. The molecule has 0 N–H and O–H groups in total. The maximum atomic E-state index is 12.8. The number of carbonyl (C=O) groups is 2. The van der Waals surface area contributed by atoms with Crippen LogP contribution in [0.3, 0.4) is 0 Å². The number of hydrogen-bond donors (Lipinski definition) is 0. The van der Waals surface area contributed by atoms with Crippen molar-refractivity contribution in [3.63, 3.8) is 0 Å². The van der Waals surface area contributed by atoms with Crippen molar-refractivity contribution in [1.82, 2.24) is 9.80 Å². The Kier molecular flexibility index (Phi) is 7.17. The highest BCUT2D eigenvalue weighted by molar-refractivity contribution is 6.42. The molecule has 0 spiro atoms. The Balaban J connectivity index is 1.60. The Morgan fingerprint density at radius 1 is 1.03 bits per heavy atom. The topological polar surface area (TPSA) is 49.9 Å². The van der Waals surface area contributed by atoms with Crippen molar-refractivity contribution in [2.24, 2.45) is 0 Å². The van der Waals surface area contributed by atoms with Crippen LogP contribution in [0.25, 0.3) is 0 Å². The monoisotopic (exact) mass is 434 g/mol. The average molecular weight is 435 g/mol. The highest BCUT2D eigenvalue weighted by Crippen LogP contribution is 2.27. The van der Waals surface area contributed by atoms with Crippen molar-refractivity contribution < 1.29 is 14.3 Å². The molecule has 0 unspecified atom stereocenters. The number of rotatable bonds is 6. The van der Waals surface area contributed by atoms with Gasteiger partial charge < -0.3 is 9.64 Å². The summed E-state index contributed by atoms with van der Waals surface area (Å²) in [5.74, 6) is 0.622. The van der Waals surface area contributed by atoms with Crippen LogP contribution in [0.5, 0.6) is 5.75 Å². The molecule has 0 aromatic heterocycles. The molecular formula is C22H24Cl2N2O3. The van der Waals surface area contributed by atoms with Gasteiger partial charge >= 0.3 is 0 Å². The van der Waals surface area contributed by atoms with Crippen LogP contribution in [0.15, 0.2) is 36.4 Å². The molecule has 0 radical (unpaired) electrons. The summed E-state index contributed by atoms with van der Waals surface area (Å²) in [6.45, 7) is 5.03. The minimum absolute atomic E-state index is 0.0319. The maximum Gasteiger partial charge on any atom is 0.227 e. The SMILES string of the molecule is COc1ccc(C(C)=O)cc1CC(=O)N1CCN(Cc2cccc(Cl)c2Cl)CC1. The van der Waals surface area contributed by atoms with E-state index in [4.69, 9.17) is 27.9 Å². The van der Waals surface area contributed by atoms with Crippen LogP contribution in [0, 0.1) is 0 Å². The Bertz CT molecular complexity index is 909. The smallest absolute Gasteiger partial charge is 0.227 e. The summed E-state index contributed by atoms with van der Waals surface area (Å²) in [4.78, 5) is 28.6. The van der Waals surface area contributed by atoms with Gasteiger partial charge in [0.05, 0.1) is 23.6 Å². The third kappa shape index (κ3) is 5.30. The standard InChI is InChI=1S/C22H24Cl2N2O3/c1-15(27)16-6-7-20(29-2)18(12-16)13-21(28)26-10-8-25(9-11-26)14-17-4-3-5-19(23)22(17)24/h3-7,12H,8-11,13-14H2,1-2H3. The first kappa shape index (κ1) is 21.6. The lowest BCUT2D eigenvalue weighted by Crippen LogP contribution is -2.48. The average Bonchev–Trinajstić information content (AvgIpc) is 2.71. The molecule has 1 heterocycles. The molecule has 1 fully saturated rings. The van der Waals surface area contributed by atoms with E-state index < -0.39 is 0 Å². The highest BCUT2D eigenvalue weighted by atomic mass is 35.5. The molecule has 2 aromatic rings. The molecule has 0 bridgehead atoms. The zero-order chi connectivity index (χ0) is 21.0. The van der Waals surface area contributed by atoms with Gasteiger partial charge in [-0.25, -0.2) is 0 Å². The van der Waals surface area contributed by atoms with Gasteiger partial charge in [-0.2, -0.15) is 0 Å². The quantitative estimate of drug-likeness (QED) is 0.642. The largest absolute Gasteiger partial charge is 0.496 e. The summed E-state index contributed by atoms with van der Waals surface area (Å²) in [6, 6.07) is 10.8. The molecule has 0 aliphatic carbocycles. The maximum absolute atomic E-state index is 12.8. The van der Waals surface area contributed by atoms with Crippen molar-refractivity contribution in [2.45, 2.75) is 19.9 Å². The lowest BCUT2D eigenvalue weighted by atomic mass is 10.0. The molecule has 0 atom stereocenters. The normalized spacial score (nSPS) is 14.7.